The smallest absolute Gasteiger partial charge is 0.0604 e. The zero-order chi connectivity index (χ0) is 9.52. The second kappa shape index (κ2) is 5.56. The van der Waals surface area contributed by atoms with Crippen LogP contribution in [0.5, 0.6) is 0 Å². The van der Waals surface area contributed by atoms with Crippen molar-refractivity contribution in [2.45, 2.75) is 6.42 Å². The summed E-state index contributed by atoms with van der Waals surface area (Å²) in [5, 5.41) is 20.3. The van der Waals surface area contributed by atoms with Crippen molar-refractivity contribution in [3.8, 4) is 0 Å². The predicted octanol–water partition coefficient (Wildman–Crippen LogP) is 0.626. The molecule has 0 aliphatic rings. The van der Waals surface area contributed by atoms with Crippen molar-refractivity contribution in [2.24, 2.45) is 0 Å². The third-order valence-electron chi connectivity index (χ3n) is 1.80. The van der Waals surface area contributed by atoms with E-state index in [1.54, 1.807) is 0 Å². The molecule has 0 atom stereocenters. The summed E-state index contributed by atoms with van der Waals surface area (Å²) in [4.78, 5) is 0. The molecule has 13 heavy (non-hydrogen) atoms. The zero-order valence-corrected chi connectivity index (χ0v) is 7.53. The molecule has 0 aliphatic heterocycles. The van der Waals surface area contributed by atoms with Crippen molar-refractivity contribution in [1.29, 1.82) is 0 Å². The lowest BCUT2D eigenvalue weighted by Crippen LogP contribution is -2.05. The summed E-state index contributed by atoms with van der Waals surface area (Å²) >= 11 is 0. The summed E-state index contributed by atoms with van der Waals surface area (Å²) in [6.07, 6.45) is 0.695. The molecule has 3 nitrogen and oxygen atoms in total. The summed E-state index contributed by atoms with van der Waals surface area (Å²) in [6.45, 7) is 0.890. The monoisotopic (exact) mass is 181 g/mol. The summed E-state index contributed by atoms with van der Waals surface area (Å²) in [7, 11) is 0. The van der Waals surface area contributed by atoms with Gasteiger partial charge in [-0.3, -0.25) is 0 Å². The Hall–Kier alpha value is -1.06. The van der Waals surface area contributed by atoms with Crippen LogP contribution in [0.3, 0.4) is 0 Å². The second-order valence-corrected chi connectivity index (χ2v) is 2.82. The van der Waals surface area contributed by atoms with Crippen molar-refractivity contribution < 1.29 is 10.2 Å². The first-order valence-corrected chi connectivity index (χ1v) is 4.41. The van der Waals surface area contributed by atoms with E-state index in [1.165, 1.54) is 0 Å². The summed E-state index contributed by atoms with van der Waals surface area (Å²) < 4.78 is 0. The number of hydrogen-bond donors (Lipinski definition) is 3. The summed E-state index contributed by atoms with van der Waals surface area (Å²) in [6, 6.07) is 7.83. The Balaban J connectivity index is 2.48. The van der Waals surface area contributed by atoms with Crippen LogP contribution in [0.25, 0.3) is 0 Å². The average molecular weight is 181 g/mol. The van der Waals surface area contributed by atoms with Gasteiger partial charge < -0.3 is 15.5 Å². The van der Waals surface area contributed by atoms with Crippen LogP contribution >= 0.6 is 0 Å². The maximum Gasteiger partial charge on any atom is 0.0604 e. The van der Waals surface area contributed by atoms with E-state index in [0.29, 0.717) is 13.0 Å². The minimum Gasteiger partial charge on any atom is -0.396 e. The normalized spacial score (nSPS) is 10.0. The van der Waals surface area contributed by atoms with Gasteiger partial charge in [-0.05, 0) is 24.1 Å². The van der Waals surface area contributed by atoms with Gasteiger partial charge in [0.15, 0.2) is 0 Å². The molecule has 0 spiro atoms. The lowest BCUT2D eigenvalue weighted by Gasteiger charge is -2.04. The van der Waals surface area contributed by atoms with Crippen LogP contribution < -0.4 is 5.32 Å². The highest BCUT2D eigenvalue weighted by Crippen LogP contribution is 2.09. The molecular formula is C10H15NO2. The molecule has 3 heteroatoms. The topological polar surface area (TPSA) is 52.5 Å². The van der Waals surface area contributed by atoms with Gasteiger partial charge in [0.2, 0.25) is 0 Å². The Morgan fingerprint density at radius 2 is 1.69 bits per heavy atom. The molecule has 0 amide bonds. The molecule has 1 rings (SSSR count). The molecule has 0 radical (unpaired) electrons. The maximum absolute atomic E-state index is 8.68. The first-order valence-electron chi connectivity index (χ1n) is 4.41. The fourth-order valence-corrected chi connectivity index (χ4v) is 1.12. The van der Waals surface area contributed by atoms with E-state index in [9.17, 15) is 0 Å². The number of rotatable bonds is 5. The van der Waals surface area contributed by atoms with Crippen molar-refractivity contribution in [2.75, 3.05) is 25.1 Å². The van der Waals surface area contributed by atoms with Crippen LogP contribution in [0.2, 0.25) is 0 Å². The lowest BCUT2D eigenvalue weighted by molar-refractivity contribution is 0.299. The van der Waals surface area contributed by atoms with Gasteiger partial charge in [-0.1, -0.05) is 12.1 Å². The highest BCUT2D eigenvalue weighted by atomic mass is 16.3. The van der Waals surface area contributed by atoms with Crippen molar-refractivity contribution in [3.05, 3.63) is 29.8 Å². The minimum atomic E-state index is 0.137. The molecule has 0 saturated carbocycles. The Kier molecular flexibility index (Phi) is 4.29. The molecule has 0 fully saturated rings. The largest absolute Gasteiger partial charge is 0.396 e. The van der Waals surface area contributed by atoms with Gasteiger partial charge in [0.05, 0.1) is 6.61 Å². The molecule has 0 aromatic heterocycles. The van der Waals surface area contributed by atoms with Crippen molar-refractivity contribution in [1.82, 2.24) is 0 Å². The van der Waals surface area contributed by atoms with Crippen LogP contribution in [0.4, 0.5) is 5.69 Å². The minimum absolute atomic E-state index is 0.137. The predicted molar refractivity (Wildman–Crippen MR) is 52.8 cm³/mol. The lowest BCUT2D eigenvalue weighted by atomic mass is 10.1. The number of aliphatic hydroxyl groups excluding tert-OH is 2. The number of aliphatic hydroxyl groups is 2. The maximum atomic E-state index is 8.68. The van der Waals surface area contributed by atoms with Gasteiger partial charge in [0.25, 0.3) is 0 Å². The molecular weight excluding hydrogens is 166 g/mol. The SMILES string of the molecule is OCCNc1ccc(CCO)cc1. The first kappa shape index (κ1) is 10.0. The standard InChI is InChI=1S/C10H15NO2/c12-7-5-9-1-3-10(4-2-9)11-6-8-13/h1-4,11-13H,5-8H2. The van der Waals surface area contributed by atoms with Crippen LogP contribution in [0, 0.1) is 0 Å². The van der Waals surface area contributed by atoms with E-state index < -0.39 is 0 Å². The Morgan fingerprint density at radius 1 is 1.00 bits per heavy atom. The average Bonchev–Trinajstić information content (AvgIpc) is 2.17. The fraction of sp³-hybridized carbons (Fsp3) is 0.400. The van der Waals surface area contributed by atoms with Crippen LogP contribution in [-0.2, 0) is 6.42 Å². The first-order chi connectivity index (χ1) is 6.36. The number of nitrogens with one attached hydrogen (secondary N) is 1. The van der Waals surface area contributed by atoms with E-state index in [-0.39, 0.29) is 13.2 Å². The zero-order valence-electron chi connectivity index (χ0n) is 7.53. The Bertz CT molecular complexity index is 233. The van der Waals surface area contributed by atoms with E-state index >= 15 is 0 Å². The van der Waals surface area contributed by atoms with Gasteiger partial charge in [-0.25, -0.2) is 0 Å². The van der Waals surface area contributed by atoms with Gasteiger partial charge >= 0.3 is 0 Å². The Labute approximate surface area is 78.0 Å². The van der Waals surface area contributed by atoms with Gasteiger partial charge in [0, 0.05) is 18.8 Å². The third-order valence-corrected chi connectivity index (χ3v) is 1.80. The number of hydrogen-bond acceptors (Lipinski definition) is 3. The summed E-state index contributed by atoms with van der Waals surface area (Å²) in [5.74, 6) is 0. The molecule has 1 aromatic rings. The van der Waals surface area contributed by atoms with E-state index in [1.807, 2.05) is 24.3 Å². The Morgan fingerprint density at radius 3 is 2.23 bits per heavy atom. The molecule has 1 aromatic carbocycles. The van der Waals surface area contributed by atoms with E-state index in [0.717, 1.165) is 11.3 Å². The van der Waals surface area contributed by atoms with Gasteiger partial charge in [0.1, 0.15) is 0 Å². The molecule has 0 aliphatic carbocycles. The van der Waals surface area contributed by atoms with Gasteiger partial charge in [-0.15, -0.1) is 0 Å². The van der Waals surface area contributed by atoms with E-state index in [4.69, 9.17) is 10.2 Å². The van der Waals surface area contributed by atoms with Crippen LogP contribution in [0.15, 0.2) is 24.3 Å². The second-order valence-electron chi connectivity index (χ2n) is 2.82. The van der Waals surface area contributed by atoms with Crippen molar-refractivity contribution >= 4 is 5.69 Å². The quantitative estimate of drug-likeness (QED) is 0.624. The summed E-state index contributed by atoms with van der Waals surface area (Å²) in [5.41, 5.74) is 2.12. The number of benzene rings is 1. The fourth-order valence-electron chi connectivity index (χ4n) is 1.12. The van der Waals surface area contributed by atoms with Crippen LogP contribution in [-0.4, -0.2) is 30.0 Å². The molecule has 0 heterocycles. The molecule has 0 bridgehead atoms. The highest BCUT2D eigenvalue weighted by Gasteiger charge is 1.92. The highest BCUT2D eigenvalue weighted by molar-refractivity contribution is 5.44. The van der Waals surface area contributed by atoms with Gasteiger partial charge in [-0.2, -0.15) is 0 Å². The molecule has 72 valence electrons. The molecule has 0 unspecified atom stereocenters. The van der Waals surface area contributed by atoms with Crippen molar-refractivity contribution in [3.63, 3.8) is 0 Å². The third kappa shape index (κ3) is 3.44. The van der Waals surface area contributed by atoms with Crippen LogP contribution in [0.1, 0.15) is 5.56 Å². The molecule has 0 saturated heterocycles. The number of anilines is 1. The molecule has 3 N–H and O–H groups in total. The van der Waals surface area contributed by atoms with E-state index in [2.05, 4.69) is 5.32 Å².